The van der Waals surface area contributed by atoms with E-state index in [9.17, 15) is 4.79 Å². The molecule has 0 saturated carbocycles. The summed E-state index contributed by atoms with van der Waals surface area (Å²) in [4.78, 5) is 15.3. The third kappa shape index (κ3) is 4.24. The predicted molar refractivity (Wildman–Crippen MR) is 107 cm³/mol. The van der Waals surface area contributed by atoms with Gasteiger partial charge in [-0.2, -0.15) is 0 Å². The zero-order chi connectivity index (χ0) is 19.6. The molecule has 2 aromatic rings. The van der Waals surface area contributed by atoms with Gasteiger partial charge in [-0.25, -0.2) is 0 Å². The van der Waals surface area contributed by atoms with Gasteiger partial charge in [0.05, 0.1) is 5.69 Å². The van der Waals surface area contributed by atoms with Crippen molar-refractivity contribution in [1.82, 2.24) is 15.4 Å². The fraction of sp³-hybridized carbons (Fsp3) is 0.545. The second kappa shape index (κ2) is 8.26. The van der Waals surface area contributed by atoms with Crippen molar-refractivity contribution in [2.45, 2.75) is 59.5 Å². The molecule has 5 heteroatoms. The minimum absolute atomic E-state index is 0.0829. The van der Waals surface area contributed by atoms with Crippen LogP contribution in [0, 0.1) is 12.8 Å². The standard InChI is InChI=1S/C22H31N3O2/c1-14(2)19(25-11-10-17-8-6-7-9-18(17)13-25)12-23-22(26)20-16(5)24-27-21(20)15(3)4/h6-9,14-15,19H,10-13H2,1-5H3,(H,23,26). The van der Waals surface area contributed by atoms with Crippen molar-refractivity contribution in [3.8, 4) is 0 Å². The van der Waals surface area contributed by atoms with Crippen molar-refractivity contribution in [2.75, 3.05) is 13.1 Å². The molecule has 1 atom stereocenters. The molecule has 1 aromatic heterocycles. The van der Waals surface area contributed by atoms with Crippen LogP contribution in [0.4, 0.5) is 0 Å². The number of amides is 1. The van der Waals surface area contributed by atoms with Crippen LogP contribution in [0.3, 0.4) is 0 Å². The molecule has 0 saturated heterocycles. The average Bonchev–Trinajstić information content (AvgIpc) is 3.03. The highest BCUT2D eigenvalue weighted by Crippen LogP contribution is 2.24. The Bertz CT molecular complexity index is 795. The third-order valence-corrected chi connectivity index (χ3v) is 5.51. The van der Waals surface area contributed by atoms with Gasteiger partial charge in [0.1, 0.15) is 5.56 Å². The minimum Gasteiger partial charge on any atom is -0.360 e. The lowest BCUT2D eigenvalue weighted by molar-refractivity contribution is 0.0901. The zero-order valence-corrected chi connectivity index (χ0v) is 17.1. The molecule has 0 bridgehead atoms. The van der Waals surface area contributed by atoms with Gasteiger partial charge in [0, 0.05) is 31.6 Å². The van der Waals surface area contributed by atoms with Crippen LogP contribution in [0.2, 0.25) is 0 Å². The van der Waals surface area contributed by atoms with E-state index >= 15 is 0 Å². The molecule has 3 rings (SSSR count). The topological polar surface area (TPSA) is 58.4 Å². The second-order valence-corrected chi connectivity index (χ2v) is 8.17. The SMILES string of the molecule is Cc1noc(C(C)C)c1C(=O)NCC(C(C)C)N1CCc2ccccc2C1. The maximum atomic E-state index is 12.8. The number of benzene rings is 1. The molecule has 2 heterocycles. The number of carbonyl (C=O) groups is 1. The Kier molecular flexibility index (Phi) is 6.00. The van der Waals surface area contributed by atoms with Crippen LogP contribution < -0.4 is 5.32 Å². The van der Waals surface area contributed by atoms with Gasteiger partial charge in [-0.3, -0.25) is 9.69 Å². The molecule has 1 amide bonds. The molecule has 1 unspecified atom stereocenters. The summed E-state index contributed by atoms with van der Waals surface area (Å²) in [5.41, 5.74) is 4.10. The number of aromatic nitrogens is 1. The van der Waals surface area contributed by atoms with Crippen LogP contribution in [0.15, 0.2) is 28.8 Å². The van der Waals surface area contributed by atoms with Crippen molar-refractivity contribution in [1.29, 1.82) is 0 Å². The number of nitrogens with zero attached hydrogens (tertiary/aromatic N) is 2. The first kappa shape index (κ1) is 19.6. The molecule has 1 aliphatic heterocycles. The summed E-state index contributed by atoms with van der Waals surface area (Å²) in [5, 5.41) is 7.13. The van der Waals surface area contributed by atoms with E-state index in [0.717, 1.165) is 19.5 Å². The Hall–Kier alpha value is -2.14. The van der Waals surface area contributed by atoms with Crippen molar-refractivity contribution < 1.29 is 9.32 Å². The van der Waals surface area contributed by atoms with Gasteiger partial charge < -0.3 is 9.84 Å². The summed E-state index contributed by atoms with van der Waals surface area (Å²) in [6, 6.07) is 8.96. The first-order valence-corrected chi connectivity index (χ1v) is 9.93. The summed E-state index contributed by atoms with van der Waals surface area (Å²) in [6.07, 6.45) is 1.07. The number of hydrogen-bond donors (Lipinski definition) is 1. The van der Waals surface area contributed by atoms with Crippen LogP contribution in [0.1, 0.15) is 66.6 Å². The van der Waals surface area contributed by atoms with Gasteiger partial charge in [0.25, 0.3) is 5.91 Å². The van der Waals surface area contributed by atoms with Crippen molar-refractivity contribution in [3.05, 3.63) is 52.4 Å². The van der Waals surface area contributed by atoms with Crippen molar-refractivity contribution in [3.63, 3.8) is 0 Å². The molecule has 0 spiro atoms. The van der Waals surface area contributed by atoms with Crippen molar-refractivity contribution in [2.24, 2.45) is 5.92 Å². The Morgan fingerprint density at radius 1 is 1.22 bits per heavy atom. The molecular weight excluding hydrogens is 338 g/mol. The molecule has 5 nitrogen and oxygen atoms in total. The number of carbonyl (C=O) groups excluding carboxylic acids is 1. The lowest BCUT2D eigenvalue weighted by Crippen LogP contribution is -2.48. The maximum absolute atomic E-state index is 12.8. The Balaban J connectivity index is 1.69. The van der Waals surface area contributed by atoms with E-state index in [-0.39, 0.29) is 11.8 Å². The number of aryl methyl sites for hydroxylation is 1. The minimum atomic E-state index is -0.0829. The monoisotopic (exact) mass is 369 g/mol. The molecule has 1 aliphatic rings. The first-order valence-electron chi connectivity index (χ1n) is 9.93. The summed E-state index contributed by atoms with van der Waals surface area (Å²) in [6.45, 7) is 12.9. The van der Waals surface area contributed by atoms with E-state index in [0.29, 0.717) is 35.5 Å². The fourth-order valence-corrected chi connectivity index (χ4v) is 3.93. The molecule has 0 radical (unpaired) electrons. The van der Waals surface area contributed by atoms with Gasteiger partial charge >= 0.3 is 0 Å². The summed E-state index contributed by atoms with van der Waals surface area (Å²) < 4.78 is 5.37. The quantitative estimate of drug-likeness (QED) is 0.838. The Labute approximate surface area is 162 Å². The van der Waals surface area contributed by atoms with Gasteiger partial charge in [-0.05, 0) is 30.4 Å². The highest BCUT2D eigenvalue weighted by Gasteiger charge is 2.28. The van der Waals surface area contributed by atoms with E-state index in [4.69, 9.17) is 4.52 Å². The van der Waals surface area contributed by atoms with Crippen molar-refractivity contribution >= 4 is 5.91 Å². The van der Waals surface area contributed by atoms with Crippen LogP contribution >= 0.6 is 0 Å². The zero-order valence-electron chi connectivity index (χ0n) is 17.1. The summed E-state index contributed by atoms with van der Waals surface area (Å²) in [7, 11) is 0. The average molecular weight is 370 g/mol. The van der Waals surface area contributed by atoms with Crippen LogP contribution in [-0.2, 0) is 13.0 Å². The number of nitrogens with one attached hydrogen (secondary N) is 1. The Morgan fingerprint density at radius 2 is 1.93 bits per heavy atom. The molecule has 27 heavy (non-hydrogen) atoms. The highest BCUT2D eigenvalue weighted by atomic mass is 16.5. The largest absolute Gasteiger partial charge is 0.360 e. The van der Waals surface area contributed by atoms with Gasteiger partial charge in [-0.1, -0.05) is 57.1 Å². The predicted octanol–water partition coefficient (Wildman–Crippen LogP) is 3.92. The molecule has 146 valence electrons. The van der Waals surface area contributed by atoms with Crippen LogP contribution in [0.25, 0.3) is 0 Å². The first-order chi connectivity index (χ1) is 12.9. The maximum Gasteiger partial charge on any atom is 0.256 e. The normalized spacial score (nSPS) is 15.8. The molecule has 0 aliphatic carbocycles. The second-order valence-electron chi connectivity index (χ2n) is 8.17. The van der Waals surface area contributed by atoms with Gasteiger partial charge in [-0.15, -0.1) is 0 Å². The van der Waals surface area contributed by atoms with E-state index in [2.05, 4.69) is 53.5 Å². The summed E-state index contributed by atoms with van der Waals surface area (Å²) in [5.74, 6) is 1.16. The lowest BCUT2D eigenvalue weighted by atomic mass is 9.95. The fourth-order valence-electron chi connectivity index (χ4n) is 3.93. The number of fused-ring (bicyclic) bond motifs is 1. The molecule has 1 aromatic carbocycles. The molecule has 1 N–H and O–H groups in total. The smallest absolute Gasteiger partial charge is 0.256 e. The molecule has 0 fully saturated rings. The third-order valence-electron chi connectivity index (χ3n) is 5.51. The van der Waals surface area contributed by atoms with E-state index in [1.165, 1.54) is 11.1 Å². The van der Waals surface area contributed by atoms with Gasteiger partial charge in [0.15, 0.2) is 5.76 Å². The Morgan fingerprint density at radius 3 is 2.59 bits per heavy atom. The van der Waals surface area contributed by atoms with Crippen LogP contribution in [0.5, 0.6) is 0 Å². The summed E-state index contributed by atoms with van der Waals surface area (Å²) >= 11 is 0. The molecular formula is C22H31N3O2. The highest BCUT2D eigenvalue weighted by molar-refractivity contribution is 5.96. The van der Waals surface area contributed by atoms with Gasteiger partial charge in [0.2, 0.25) is 0 Å². The van der Waals surface area contributed by atoms with E-state index in [1.54, 1.807) is 0 Å². The van der Waals surface area contributed by atoms with E-state index in [1.807, 2.05) is 20.8 Å². The number of rotatable bonds is 6. The lowest BCUT2D eigenvalue weighted by Gasteiger charge is -2.38. The number of hydrogen-bond acceptors (Lipinski definition) is 4. The van der Waals surface area contributed by atoms with E-state index < -0.39 is 0 Å². The van der Waals surface area contributed by atoms with Crippen LogP contribution in [-0.4, -0.2) is 35.1 Å².